The second-order valence-electron chi connectivity index (χ2n) is 3.94. The van der Waals surface area contributed by atoms with Gasteiger partial charge in [-0.15, -0.1) is 0 Å². The Morgan fingerprint density at radius 2 is 2.20 bits per heavy atom. The second kappa shape index (κ2) is 6.10. The number of allylic oxidation sites excluding steroid dienone is 3. The predicted octanol–water partition coefficient (Wildman–Crippen LogP) is 2.44. The van der Waals surface area contributed by atoms with E-state index in [4.69, 9.17) is 11.0 Å². The molecule has 0 radical (unpaired) electrons. The van der Waals surface area contributed by atoms with Crippen molar-refractivity contribution in [3.8, 4) is 17.9 Å². The SMILES string of the molecule is N#Cc1ccc(C#CC2=CCC(N)=C(C=O)S2)cc1F. The highest BCUT2D eigenvalue weighted by molar-refractivity contribution is 8.07. The van der Waals surface area contributed by atoms with Gasteiger partial charge in [-0.1, -0.05) is 29.7 Å². The summed E-state index contributed by atoms with van der Waals surface area (Å²) in [6.45, 7) is 0. The van der Waals surface area contributed by atoms with E-state index in [0.717, 1.165) is 0 Å². The first-order chi connectivity index (χ1) is 9.63. The van der Waals surface area contributed by atoms with Crippen molar-refractivity contribution in [3.05, 3.63) is 56.7 Å². The summed E-state index contributed by atoms with van der Waals surface area (Å²) < 4.78 is 13.4. The highest BCUT2D eigenvalue weighted by Gasteiger charge is 2.10. The Labute approximate surface area is 120 Å². The van der Waals surface area contributed by atoms with Crippen LogP contribution >= 0.6 is 11.8 Å². The monoisotopic (exact) mass is 284 g/mol. The number of carbonyl (C=O) groups is 1. The minimum absolute atomic E-state index is 0.0132. The maximum Gasteiger partial charge on any atom is 0.158 e. The second-order valence-corrected chi connectivity index (χ2v) is 5.02. The van der Waals surface area contributed by atoms with E-state index < -0.39 is 5.82 Å². The van der Waals surface area contributed by atoms with Gasteiger partial charge in [0.1, 0.15) is 11.9 Å². The maximum absolute atomic E-state index is 13.4. The Morgan fingerprint density at radius 3 is 2.85 bits per heavy atom. The number of halogens is 1. The van der Waals surface area contributed by atoms with Crippen molar-refractivity contribution < 1.29 is 9.18 Å². The fourth-order valence-corrected chi connectivity index (χ4v) is 2.29. The molecule has 1 aliphatic rings. The summed E-state index contributed by atoms with van der Waals surface area (Å²) in [7, 11) is 0. The molecule has 1 aliphatic heterocycles. The van der Waals surface area contributed by atoms with E-state index in [9.17, 15) is 9.18 Å². The van der Waals surface area contributed by atoms with E-state index in [2.05, 4.69) is 11.8 Å². The molecule has 0 saturated carbocycles. The van der Waals surface area contributed by atoms with Gasteiger partial charge in [-0.2, -0.15) is 5.26 Å². The van der Waals surface area contributed by atoms with Crippen LogP contribution in [-0.2, 0) is 4.79 Å². The quantitative estimate of drug-likeness (QED) is 0.635. The smallest absolute Gasteiger partial charge is 0.158 e. The summed E-state index contributed by atoms with van der Waals surface area (Å²) in [6, 6.07) is 5.92. The lowest BCUT2D eigenvalue weighted by atomic mass is 10.1. The van der Waals surface area contributed by atoms with E-state index in [0.29, 0.717) is 33.8 Å². The molecule has 2 rings (SSSR count). The van der Waals surface area contributed by atoms with Crippen LogP contribution in [0.4, 0.5) is 4.39 Å². The molecule has 0 amide bonds. The molecule has 2 N–H and O–H groups in total. The molecule has 0 aromatic heterocycles. The van der Waals surface area contributed by atoms with Crippen molar-refractivity contribution in [2.45, 2.75) is 6.42 Å². The van der Waals surface area contributed by atoms with Gasteiger partial charge < -0.3 is 5.73 Å². The molecular formula is C15H9FN2OS. The minimum Gasteiger partial charge on any atom is -0.401 e. The highest BCUT2D eigenvalue weighted by atomic mass is 32.2. The molecule has 0 saturated heterocycles. The number of hydrogen-bond acceptors (Lipinski definition) is 4. The minimum atomic E-state index is -0.595. The van der Waals surface area contributed by atoms with Gasteiger partial charge in [0.05, 0.1) is 15.4 Å². The Bertz CT molecular complexity index is 732. The molecule has 0 bridgehead atoms. The normalized spacial score (nSPS) is 13.9. The summed E-state index contributed by atoms with van der Waals surface area (Å²) >= 11 is 1.20. The van der Waals surface area contributed by atoms with E-state index in [-0.39, 0.29) is 5.56 Å². The maximum atomic E-state index is 13.4. The number of benzene rings is 1. The van der Waals surface area contributed by atoms with Crippen molar-refractivity contribution in [3.63, 3.8) is 0 Å². The van der Waals surface area contributed by atoms with Crippen molar-refractivity contribution in [2.24, 2.45) is 5.73 Å². The van der Waals surface area contributed by atoms with Crippen molar-refractivity contribution in [2.75, 3.05) is 0 Å². The van der Waals surface area contributed by atoms with E-state index >= 15 is 0 Å². The largest absolute Gasteiger partial charge is 0.401 e. The van der Waals surface area contributed by atoms with Crippen LogP contribution in [0.1, 0.15) is 17.5 Å². The Hall–Kier alpha value is -2.50. The van der Waals surface area contributed by atoms with Gasteiger partial charge >= 0.3 is 0 Å². The number of thioether (sulfide) groups is 1. The van der Waals surface area contributed by atoms with Crippen molar-refractivity contribution >= 4 is 18.0 Å². The molecule has 0 fully saturated rings. The van der Waals surface area contributed by atoms with Gasteiger partial charge in [0.25, 0.3) is 0 Å². The van der Waals surface area contributed by atoms with Crippen molar-refractivity contribution in [1.29, 1.82) is 5.26 Å². The van der Waals surface area contributed by atoms with Crippen LogP contribution in [-0.4, -0.2) is 6.29 Å². The number of nitrogens with zero attached hydrogens (tertiary/aromatic N) is 1. The first kappa shape index (κ1) is 13.9. The van der Waals surface area contributed by atoms with E-state index in [1.165, 1.54) is 23.9 Å². The van der Waals surface area contributed by atoms with Gasteiger partial charge in [-0.3, -0.25) is 4.79 Å². The summed E-state index contributed by atoms with van der Waals surface area (Å²) in [6.07, 6.45) is 3.00. The molecule has 1 aromatic carbocycles. The van der Waals surface area contributed by atoms with Crippen molar-refractivity contribution in [1.82, 2.24) is 0 Å². The summed E-state index contributed by atoms with van der Waals surface area (Å²) in [5.74, 6) is 5.07. The van der Waals surface area contributed by atoms with Crippen LogP contribution in [0, 0.1) is 29.0 Å². The highest BCUT2D eigenvalue weighted by Crippen LogP contribution is 2.30. The van der Waals surface area contributed by atoms with Crippen LogP contribution in [0.25, 0.3) is 0 Å². The Morgan fingerprint density at radius 1 is 1.40 bits per heavy atom. The Kier molecular flexibility index (Phi) is 4.24. The first-order valence-corrected chi connectivity index (χ1v) is 6.49. The fourth-order valence-electron chi connectivity index (χ4n) is 1.52. The molecule has 0 aliphatic carbocycles. The zero-order valence-corrected chi connectivity index (χ0v) is 11.1. The number of aldehydes is 1. The van der Waals surface area contributed by atoms with E-state index in [1.807, 2.05) is 6.08 Å². The topological polar surface area (TPSA) is 66.9 Å². The number of nitriles is 1. The zero-order valence-electron chi connectivity index (χ0n) is 10.3. The number of rotatable bonds is 1. The number of nitrogens with two attached hydrogens (primary N) is 1. The third-order valence-corrected chi connectivity index (χ3v) is 3.64. The molecule has 98 valence electrons. The molecule has 0 atom stereocenters. The lowest BCUT2D eigenvalue weighted by molar-refractivity contribution is -0.104. The summed E-state index contributed by atoms with van der Waals surface area (Å²) in [5.41, 5.74) is 6.65. The van der Waals surface area contributed by atoms with Gasteiger partial charge in [0.2, 0.25) is 0 Å². The first-order valence-electron chi connectivity index (χ1n) is 5.67. The van der Waals surface area contributed by atoms with Gasteiger partial charge in [0.15, 0.2) is 6.29 Å². The zero-order chi connectivity index (χ0) is 14.5. The Balaban J connectivity index is 2.19. The lowest BCUT2D eigenvalue weighted by Gasteiger charge is -2.09. The van der Waals surface area contributed by atoms with Gasteiger partial charge in [-0.05, 0) is 18.2 Å². The summed E-state index contributed by atoms with van der Waals surface area (Å²) in [5, 5.41) is 8.64. The fraction of sp³-hybridized carbons (Fsp3) is 0.0667. The van der Waals surface area contributed by atoms with E-state index in [1.54, 1.807) is 12.1 Å². The molecule has 5 heteroatoms. The standard InChI is InChI=1S/C15H9FN2OS/c16-13-7-10(1-3-11(13)8-17)2-4-12-5-6-14(18)15(9-19)20-12/h1,3,5,7,9H,6,18H2. The average molecular weight is 284 g/mol. The van der Waals surface area contributed by atoms with Gasteiger partial charge in [-0.25, -0.2) is 4.39 Å². The number of carbonyl (C=O) groups excluding carboxylic acids is 1. The molecule has 1 heterocycles. The molecular weight excluding hydrogens is 275 g/mol. The molecule has 20 heavy (non-hydrogen) atoms. The van der Waals surface area contributed by atoms with Gasteiger partial charge in [0, 0.05) is 17.7 Å². The molecule has 1 aromatic rings. The summed E-state index contributed by atoms with van der Waals surface area (Å²) in [4.78, 5) is 12.0. The predicted molar refractivity (Wildman–Crippen MR) is 75.6 cm³/mol. The van der Waals surface area contributed by atoms with Crippen LogP contribution in [0.3, 0.4) is 0 Å². The van der Waals surface area contributed by atoms with Crippen LogP contribution in [0.15, 0.2) is 39.8 Å². The third-order valence-electron chi connectivity index (χ3n) is 2.57. The lowest BCUT2D eigenvalue weighted by Crippen LogP contribution is -2.04. The average Bonchev–Trinajstić information content (AvgIpc) is 2.46. The molecule has 0 spiro atoms. The molecule has 0 unspecified atom stereocenters. The molecule has 3 nitrogen and oxygen atoms in total. The van der Waals surface area contributed by atoms with Crippen LogP contribution in [0.2, 0.25) is 0 Å². The van der Waals surface area contributed by atoms with Crippen LogP contribution < -0.4 is 5.73 Å². The van der Waals surface area contributed by atoms with Crippen LogP contribution in [0.5, 0.6) is 0 Å². The third kappa shape index (κ3) is 3.09. The number of hydrogen-bond donors (Lipinski definition) is 1.